The number of carboxylic acids is 1. The predicted octanol–water partition coefficient (Wildman–Crippen LogP) is 5.47. The summed E-state index contributed by atoms with van der Waals surface area (Å²) in [5, 5.41) is 9.79. The van der Waals surface area contributed by atoms with Gasteiger partial charge in [0.15, 0.2) is 0 Å². The Morgan fingerprint density at radius 3 is 1.76 bits per heavy atom. The Kier molecular flexibility index (Phi) is 7.24. The SMILES string of the molecule is CC(Cc1ccccc1)CC(Cc1ccccc1)C(C(=O)O)C(C)C. The van der Waals surface area contributed by atoms with Crippen molar-refractivity contribution in [2.45, 2.75) is 40.0 Å². The molecule has 0 aliphatic rings. The molecular formula is C23H30O2. The van der Waals surface area contributed by atoms with Crippen molar-refractivity contribution in [1.29, 1.82) is 0 Å². The van der Waals surface area contributed by atoms with Crippen molar-refractivity contribution >= 4 is 5.97 Å². The van der Waals surface area contributed by atoms with Gasteiger partial charge in [-0.25, -0.2) is 0 Å². The Hall–Kier alpha value is -2.09. The highest BCUT2D eigenvalue weighted by Crippen LogP contribution is 2.31. The van der Waals surface area contributed by atoms with E-state index in [0.717, 1.165) is 19.3 Å². The molecule has 3 atom stereocenters. The molecule has 0 aliphatic heterocycles. The lowest BCUT2D eigenvalue weighted by molar-refractivity contribution is -0.145. The van der Waals surface area contributed by atoms with Gasteiger partial charge in [-0.1, -0.05) is 81.4 Å². The molecule has 25 heavy (non-hydrogen) atoms. The monoisotopic (exact) mass is 338 g/mol. The molecule has 2 heteroatoms. The van der Waals surface area contributed by atoms with E-state index in [4.69, 9.17) is 0 Å². The zero-order valence-electron chi connectivity index (χ0n) is 15.6. The van der Waals surface area contributed by atoms with Crippen molar-refractivity contribution in [1.82, 2.24) is 0 Å². The Bertz CT molecular complexity index is 634. The molecule has 0 radical (unpaired) electrons. The molecular weight excluding hydrogens is 308 g/mol. The summed E-state index contributed by atoms with van der Waals surface area (Å²) in [6.07, 6.45) is 2.75. The number of aliphatic carboxylic acids is 1. The van der Waals surface area contributed by atoms with E-state index >= 15 is 0 Å². The van der Waals surface area contributed by atoms with Gasteiger partial charge >= 0.3 is 5.97 Å². The van der Waals surface area contributed by atoms with E-state index < -0.39 is 5.97 Å². The van der Waals surface area contributed by atoms with Gasteiger partial charge in [0.25, 0.3) is 0 Å². The third kappa shape index (κ3) is 6.04. The summed E-state index contributed by atoms with van der Waals surface area (Å²) >= 11 is 0. The molecule has 2 aromatic carbocycles. The average molecular weight is 338 g/mol. The molecule has 0 heterocycles. The van der Waals surface area contributed by atoms with Gasteiger partial charge in [-0.2, -0.15) is 0 Å². The molecule has 0 aliphatic carbocycles. The standard InChI is InChI=1S/C23H30O2/c1-17(2)22(23(24)25)21(16-20-12-8-5-9-13-20)15-18(3)14-19-10-6-4-7-11-19/h4-13,17-18,21-22H,14-16H2,1-3H3,(H,24,25). The van der Waals surface area contributed by atoms with E-state index in [1.54, 1.807) is 0 Å². The predicted molar refractivity (Wildman–Crippen MR) is 104 cm³/mol. The van der Waals surface area contributed by atoms with Gasteiger partial charge in [0.2, 0.25) is 0 Å². The molecule has 0 aromatic heterocycles. The molecule has 0 saturated heterocycles. The lowest BCUT2D eigenvalue weighted by Gasteiger charge is -2.29. The highest BCUT2D eigenvalue weighted by Gasteiger charge is 2.32. The minimum absolute atomic E-state index is 0.134. The van der Waals surface area contributed by atoms with E-state index in [0.29, 0.717) is 5.92 Å². The fraction of sp³-hybridized carbons (Fsp3) is 0.435. The second-order valence-electron chi connectivity index (χ2n) is 7.59. The quantitative estimate of drug-likeness (QED) is 0.658. The number of carbonyl (C=O) groups is 1. The van der Waals surface area contributed by atoms with Crippen molar-refractivity contribution in [2.75, 3.05) is 0 Å². The van der Waals surface area contributed by atoms with Crippen LogP contribution in [0.15, 0.2) is 60.7 Å². The van der Waals surface area contributed by atoms with Crippen LogP contribution in [-0.2, 0) is 17.6 Å². The summed E-state index contributed by atoms with van der Waals surface area (Å²) in [5.74, 6) is -0.230. The molecule has 2 nitrogen and oxygen atoms in total. The third-order valence-corrected chi connectivity index (χ3v) is 4.98. The van der Waals surface area contributed by atoms with Crippen LogP contribution in [-0.4, -0.2) is 11.1 Å². The Labute approximate surface area is 151 Å². The minimum atomic E-state index is -0.664. The van der Waals surface area contributed by atoms with Gasteiger partial charge in [-0.15, -0.1) is 0 Å². The van der Waals surface area contributed by atoms with Gasteiger partial charge in [-0.3, -0.25) is 4.79 Å². The minimum Gasteiger partial charge on any atom is -0.481 e. The normalized spacial score (nSPS) is 14.9. The van der Waals surface area contributed by atoms with Gasteiger partial charge in [0, 0.05) is 0 Å². The lowest BCUT2D eigenvalue weighted by atomic mass is 9.75. The second kappa shape index (κ2) is 9.41. The number of rotatable bonds is 9. The van der Waals surface area contributed by atoms with Crippen molar-refractivity contribution in [3.8, 4) is 0 Å². The topological polar surface area (TPSA) is 37.3 Å². The average Bonchev–Trinajstić information content (AvgIpc) is 2.55. The van der Waals surface area contributed by atoms with Crippen LogP contribution < -0.4 is 0 Å². The van der Waals surface area contributed by atoms with Crippen molar-refractivity contribution in [3.63, 3.8) is 0 Å². The summed E-state index contributed by atoms with van der Waals surface area (Å²) in [7, 11) is 0. The molecule has 0 spiro atoms. The molecule has 0 amide bonds. The highest BCUT2D eigenvalue weighted by molar-refractivity contribution is 5.70. The van der Waals surface area contributed by atoms with Crippen LogP contribution in [0.4, 0.5) is 0 Å². The Morgan fingerprint density at radius 2 is 1.32 bits per heavy atom. The molecule has 3 unspecified atom stereocenters. The van der Waals surface area contributed by atoms with Crippen LogP contribution in [0.5, 0.6) is 0 Å². The second-order valence-corrected chi connectivity index (χ2v) is 7.59. The first kappa shape index (κ1) is 19.2. The molecule has 0 saturated carbocycles. The zero-order chi connectivity index (χ0) is 18.2. The van der Waals surface area contributed by atoms with Gasteiger partial charge in [0.1, 0.15) is 0 Å². The fourth-order valence-corrected chi connectivity index (χ4v) is 3.92. The first-order valence-electron chi connectivity index (χ1n) is 9.28. The van der Waals surface area contributed by atoms with Crippen molar-refractivity contribution < 1.29 is 9.90 Å². The van der Waals surface area contributed by atoms with Crippen LogP contribution in [0.2, 0.25) is 0 Å². The van der Waals surface area contributed by atoms with E-state index in [1.165, 1.54) is 11.1 Å². The Balaban J connectivity index is 2.13. The lowest BCUT2D eigenvalue weighted by Crippen LogP contribution is -2.31. The number of carboxylic acid groups (broad SMARTS) is 1. The molecule has 0 bridgehead atoms. The summed E-state index contributed by atoms with van der Waals surface area (Å²) in [4.78, 5) is 11.9. The maximum Gasteiger partial charge on any atom is 0.307 e. The van der Waals surface area contributed by atoms with E-state index in [1.807, 2.05) is 38.1 Å². The summed E-state index contributed by atoms with van der Waals surface area (Å²) in [6.45, 7) is 6.29. The molecule has 2 aromatic rings. The summed E-state index contributed by atoms with van der Waals surface area (Å²) in [5.41, 5.74) is 2.55. The maximum atomic E-state index is 11.9. The van der Waals surface area contributed by atoms with Gasteiger partial charge in [-0.05, 0) is 48.1 Å². The molecule has 134 valence electrons. The number of benzene rings is 2. The largest absolute Gasteiger partial charge is 0.481 e. The van der Waals surface area contributed by atoms with Gasteiger partial charge in [0.05, 0.1) is 5.92 Å². The summed E-state index contributed by atoms with van der Waals surface area (Å²) in [6, 6.07) is 20.8. The molecule has 1 N–H and O–H groups in total. The van der Waals surface area contributed by atoms with E-state index in [-0.39, 0.29) is 17.8 Å². The highest BCUT2D eigenvalue weighted by atomic mass is 16.4. The van der Waals surface area contributed by atoms with E-state index in [2.05, 4.69) is 43.3 Å². The first-order valence-corrected chi connectivity index (χ1v) is 9.28. The third-order valence-electron chi connectivity index (χ3n) is 4.98. The van der Waals surface area contributed by atoms with Crippen LogP contribution >= 0.6 is 0 Å². The summed E-state index contributed by atoms with van der Waals surface area (Å²) < 4.78 is 0. The first-order chi connectivity index (χ1) is 12.0. The van der Waals surface area contributed by atoms with Crippen LogP contribution in [0.3, 0.4) is 0 Å². The molecule has 2 rings (SSSR count). The molecule has 0 fully saturated rings. The van der Waals surface area contributed by atoms with Crippen LogP contribution in [0.25, 0.3) is 0 Å². The van der Waals surface area contributed by atoms with Crippen LogP contribution in [0, 0.1) is 23.7 Å². The zero-order valence-corrected chi connectivity index (χ0v) is 15.6. The van der Waals surface area contributed by atoms with E-state index in [9.17, 15) is 9.90 Å². The number of hydrogen-bond acceptors (Lipinski definition) is 1. The smallest absolute Gasteiger partial charge is 0.307 e. The Morgan fingerprint density at radius 1 is 0.840 bits per heavy atom. The van der Waals surface area contributed by atoms with Gasteiger partial charge < -0.3 is 5.11 Å². The van der Waals surface area contributed by atoms with Crippen molar-refractivity contribution in [2.24, 2.45) is 23.7 Å². The van der Waals surface area contributed by atoms with Crippen LogP contribution in [0.1, 0.15) is 38.3 Å². The van der Waals surface area contributed by atoms with Crippen molar-refractivity contribution in [3.05, 3.63) is 71.8 Å². The number of hydrogen-bond donors (Lipinski definition) is 1. The maximum absolute atomic E-state index is 11.9. The fourth-order valence-electron chi connectivity index (χ4n) is 3.92.